The second-order valence-electron chi connectivity index (χ2n) is 4.50. The Labute approximate surface area is 127 Å². The van der Waals surface area contributed by atoms with Gasteiger partial charge in [0.25, 0.3) is 0 Å². The number of hydrogen-bond donors (Lipinski definition) is 1. The van der Waals surface area contributed by atoms with Gasteiger partial charge in [0.15, 0.2) is 0 Å². The van der Waals surface area contributed by atoms with Gasteiger partial charge < -0.3 is 10.1 Å². The summed E-state index contributed by atoms with van der Waals surface area (Å²) in [5.74, 6) is -1.08. The minimum Gasteiger partial charge on any atom is -0.497 e. The summed E-state index contributed by atoms with van der Waals surface area (Å²) >= 11 is 1.62. The largest absolute Gasteiger partial charge is 0.497 e. The summed E-state index contributed by atoms with van der Waals surface area (Å²) in [6.45, 7) is 0. The fourth-order valence-electron chi connectivity index (χ4n) is 2.23. The highest BCUT2D eigenvalue weighted by atomic mass is 32.2. The Morgan fingerprint density at radius 2 is 1.67 bits per heavy atom. The van der Waals surface area contributed by atoms with Crippen molar-refractivity contribution in [3.63, 3.8) is 0 Å². The summed E-state index contributed by atoms with van der Waals surface area (Å²) in [7, 11) is 3.06. The van der Waals surface area contributed by atoms with Gasteiger partial charge >= 0.3 is 0 Å². The quantitative estimate of drug-likeness (QED) is 0.843. The molecule has 0 amide bonds. The molecule has 1 N–H and O–H groups in total. The molecule has 0 aromatic heterocycles. The van der Waals surface area contributed by atoms with Crippen LogP contribution < -0.4 is 10.1 Å². The first kappa shape index (κ1) is 15.8. The Kier molecular flexibility index (Phi) is 5.20. The van der Waals surface area contributed by atoms with E-state index in [2.05, 4.69) is 5.32 Å². The molecule has 0 radical (unpaired) electrons. The fraction of sp³-hybridized carbons (Fsp3) is 0.250. The van der Waals surface area contributed by atoms with Crippen molar-refractivity contribution in [3.05, 3.63) is 59.2 Å². The van der Waals surface area contributed by atoms with Crippen LogP contribution in [0.2, 0.25) is 0 Å². The second-order valence-corrected chi connectivity index (χ2v) is 5.38. The highest BCUT2D eigenvalue weighted by Gasteiger charge is 2.21. The Bertz CT molecular complexity index is 593. The van der Waals surface area contributed by atoms with Crippen LogP contribution in [0.15, 0.2) is 41.3 Å². The molecule has 1 atom stereocenters. The van der Waals surface area contributed by atoms with Crippen LogP contribution in [0.1, 0.15) is 17.2 Å². The van der Waals surface area contributed by atoms with Crippen molar-refractivity contribution in [1.82, 2.24) is 5.32 Å². The molecule has 2 nitrogen and oxygen atoms in total. The van der Waals surface area contributed by atoms with E-state index in [0.29, 0.717) is 0 Å². The Morgan fingerprint density at radius 3 is 2.10 bits per heavy atom. The molecule has 0 aliphatic rings. The summed E-state index contributed by atoms with van der Waals surface area (Å²) in [4.78, 5) is 1.10. The van der Waals surface area contributed by atoms with Crippen LogP contribution in [-0.2, 0) is 0 Å². The molecular formula is C16H17F2NOS. The lowest BCUT2D eigenvalue weighted by atomic mass is 9.97. The van der Waals surface area contributed by atoms with Gasteiger partial charge in [-0.1, -0.05) is 12.1 Å². The molecule has 0 aliphatic carbocycles. The van der Waals surface area contributed by atoms with Gasteiger partial charge in [0, 0.05) is 22.6 Å². The number of hydrogen-bond acceptors (Lipinski definition) is 3. The summed E-state index contributed by atoms with van der Waals surface area (Å²) in [5, 5.41) is 2.96. The highest BCUT2D eigenvalue weighted by Crippen LogP contribution is 2.30. The van der Waals surface area contributed by atoms with Crippen molar-refractivity contribution in [3.8, 4) is 5.75 Å². The van der Waals surface area contributed by atoms with E-state index in [1.54, 1.807) is 18.8 Å². The number of nitrogens with one attached hydrogen (secondary N) is 1. The smallest absolute Gasteiger partial charge is 0.134 e. The van der Waals surface area contributed by atoms with Crippen LogP contribution in [0.25, 0.3) is 0 Å². The number of thioether (sulfide) groups is 1. The first-order valence-corrected chi connectivity index (χ1v) is 7.67. The topological polar surface area (TPSA) is 21.3 Å². The van der Waals surface area contributed by atoms with Crippen molar-refractivity contribution >= 4 is 11.8 Å². The van der Waals surface area contributed by atoms with Crippen LogP contribution in [0, 0.1) is 11.6 Å². The number of rotatable bonds is 5. The molecule has 0 saturated heterocycles. The van der Waals surface area contributed by atoms with Crippen LogP contribution in [0.5, 0.6) is 5.75 Å². The van der Waals surface area contributed by atoms with Crippen molar-refractivity contribution in [1.29, 1.82) is 0 Å². The zero-order chi connectivity index (χ0) is 15.4. The molecule has 1 unspecified atom stereocenters. The van der Waals surface area contributed by atoms with Gasteiger partial charge in [-0.3, -0.25) is 0 Å². The van der Waals surface area contributed by atoms with Gasteiger partial charge in [-0.2, -0.15) is 0 Å². The van der Waals surface area contributed by atoms with E-state index in [9.17, 15) is 8.78 Å². The van der Waals surface area contributed by atoms with Crippen LogP contribution in [0.3, 0.4) is 0 Å². The van der Waals surface area contributed by atoms with Crippen molar-refractivity contribution in [2.45, 2.75) is 10.9 Å². The molecule has 0 aliphatic heterocycles. The molecule has 2 aromatic rings. The normalized spacial score (nSPS) is 12.2. The van der Waals surface area contributed by atoms with E-state index in [0.717, 1.165) is 10.5 Å². The highest BCUT2D eigenvalue weighted by molar-refractivity contribution is 7.98. The van der Waals surface area contributed by atoms with Crippen LogP contribution in [0.4, 0.5) is 8.78 Å². The van der Waals surface area contributed by atoms with E-state index in [1.165, 1.54) is 19.2 Å². The monoisotopic (exact) mass is 309 g/mol. The summed E-state index contributed by atoms with van der Waals surface area (Å²) < 4.78 is 33.3. The first-order valence-electron chi connectivity index (χ1n) is 6.44. The maximum Gasteiger partial charge on any atom is 0.134 e. The lowest BCUT2D eigenvalue weighted by Crippen LogP contribution is -2.20. The van der Waals surface area contributed by atoms with Gasteiger partial charge in [0.05, 0.1) is 13.2 Å². The molecule has 2 aromatic carbocycles. The minimum atomic E-state index is -0.625. The van der Waals surface area contributed by atoms with E-state index >= 15 is 0 Å². The van der Waals surface area contributed by atoms with Gasteiger partial charge in [0.2, 0.25) is 0 Å². The predicted molar refractivity (Wildman–Crippen MR) is 82.0 cm³/mol. The van der Waals surface area contributed by atoms with Gasteiger partial charge in [-0.15, -0.1) is 11.8 Å². The third-order valence-corrected chi connectivity index (χ3v) is 4.06. The zero-order valence-electron chi connectivity index (χ0n) is 12.1. The first-order chi connectivity index (χ1) is 10.1. The van der Waals surface area contributed by atoms with Gasteiger partial charge in [0.1, 0.15) is 17.4 Å². The lowest BCUT2D eigenvalue weighted by molar-refractivity contribution is 0.403. The van der Waals surface area contributed by atoms with E-state index in [-0.39, 0.29) is 11.3 Å². The standard InChI is InChI=1S/C16H17F2NOS/c1-19-16(10-4-6-12(21-3)7-5-10)15-13(17)8-11(20-2)9-14(15)18/h4-9,16,19H,1-3H3. The molecular weight excluding hydrogens is 292 g/mol. The molecule has 112 valence electrons. The Hall–Kier alpha value is -1.59. The summed E-state index contributed by atoms with van der Waals surface area (Å²) in [5.41, 5.74) is 0.800. The average molecular weight is 309 g/mol. The Balaban J connectivity index is 2.45. The maximum atomic E-state index is 14.2. The van der Waals surface area contributed by atoms with Crippen molar-refractivity contribution < 1.29 is 13.5 Å². The average Bonchev–Trinajstić information content (AvgIpc) is 2.50. The molecule has 0 bridgehead atoms. The van der Waals surface area contributed by atoms with Crippen molar-refractivity contribution in [2.75, 3.05) is 20.4 Å². The van der Waals surface area contributed by atoms with Crippen molar-refractivity contribution in [2.24, 2.45) is 0 Å². The molecule has 21 heavy (non-hydrogen) atoms. The molecule has 0 spiro atoms. The molecule has 0 fully saturated rings. The maximum absolute atomic E-state index is 14.2. The minimum absolute atomic E-state index is 0.00444. The molecule has 0 saturated carbocycles. The number of halogens is 2. The summed E-state index contributed by atoms with van der Waals surface area (Å²) in [6, 6.07) is 9.45. The van der Waals surface area contributed by atoms with Crippen LogP contribution >= 0.6 is 11.8 Å². The fourth-order valence-corrected chi connectivity index (χ4v) is 2.64. The molecule has 0 heterocycles. The third kappa shape index (κ3) is 3.36. The zero-order valence-corrected chi connectivity index (χ0v) is 12.9. The Morgan fingerprint density at radius 1 is 1.10 bits per heavy atom. The van der Waals surface area contributed by atoms with E-state index < -0.39 is 17.7 Å². The van der Waals surface area contributed by atoms with E-state index in [4.69, 9.17) is 4.74 Å². The van der Waals surface area contributed by atoms with Gasteiger partial charge in [-0.25, -0.2) is 8.78 Å². The number of methoxy groups -OCH3 is 1. The third-order valence-electron chi connectivity index (χ3n) is 3.31. The van der Waals surface area contributed by atoms with Crippen LogP contribution in [-0.4, -0.2) is 20.4 Å². The number of ether oxygens (including phenoxy) is 1. The second kappa shape index (κ2) is 6.91. The van der Waals surface area contributed by atoms with E-state index in [1.807, 2.05) is 30.5 Å². The van der Waals surface area contributed by atoms with Gasteiger partial charge in [-0.05, 0) is 31.0 Å². The molecule has 5 heteroatoms. The lowest BCUT2D eigenvalue weighted by Gasteiger charge is -2.19. The molecule has 2 rings (SSSR count). The summed E-state index contributed by atoms with van der Waals surface area (Å²) in [6.07, 6.45) is 1.98. The number of benzene rings is 2. The predicted octanol–water partition coefficient (Wildman–Crippen LogP) is 4.00. The SMILES string of the molecule is CNC(c1ccc(SC)cc1)c1c(F)cc(OC)cc1F.